The highest BCUT2D eigenvalue weighted by Crippen LogP contribution is 2.22. The minimum absolute atomic E-state index is 0.0284. The number of nitro groups is 1. The highest BCUT2D eigenvalue weighted by molar-refractivity contribution is 5.95. The average Bonchev–Trinajstić information content (AvgIpc) is 3.07. The molecule has 144 valence electrons. The van der Waals surface area contributed by atoms with E-state index in [9.17, 15) is 19.7 Å². The van der Waals surface area contributed by atoms with Crippen molar-refractivity contribution in [3.05, 3.63) is 74.3 Å². The maximum Gasteiger partial charge on any atom is 0.292 e. The van der Waals surface area contributed by atoms with E-state index in [-0.39, 0.29) is 23.7 Å². The van der Waals surface area contributed by atoms with Crippen molar-refractivity contribution < 1.29 is 9.72 Å². The van der Waals surface area contributed by atoms with Crippen LogP contribution < -0.4 is 16.2 Å². The summed E-state index contributed by atoms with van der Waals surface area (Å²) >= 11 is 0. The topological polar surface area (TPSA) is 148 Å². The molecular weight excluding hydrogens is 366 g/mol. The Hall–Kier alpha value is -4.02. The summed E-state index contributed by atoms with van der Waals surface area (Å²) in [6, 6.07) is 9.10. The molecule has 0 radical (unpaired) electrons. The molecule has 0 atom stereocenters. The molecule has 11 nitrogen and oxygen atoms in total. The number of aromatic amines is 1. The summed E-state index contributed by atoms with van der Waals surface area (Å²) in [5, 5.41) is 27.0. The van der Waals surface area contributed by atoms with Crippen LogP contribution in [0.1, 0.15) is 16.1 Å². The van der Waals surface area contributed by atoms with Gasteiger partial charge in [-0.2, -0.15) is 10.2 Å². The number of H-pyrrole nitrogens is 1. The summed E-state index contributed by atoms with van der Waals surface area (Å²) in [5.41, 5.74) is 0.939. The van der Waals surface area contributed by atoms with Crippen LogP contribution in [0.2, 0.25) is 0 Å². The lowest BCUT2D eigenvalue weighted by Crippen LogP contribution is -2.29. The van der Waals surface area contributed by atoms with Crippen molar-refractivity contribution in [2.24, 2.45) is 0 Å². The third-order valence-corrected chi connectivity index (χ3v) is 3.96. The zero-order valence-corrected chi connectivity index (χ0v) is 14.9. The summed E-state index contributed by atoms with van der Waals surface area (Å²) in [7, 11) is 0. The van der Waals surface area contributed by atoms with Crippen molar-refractivity contribution in [2.45, 2.75) is 6.92 Å². The molecule has 0 aliphatic rings. The van der Waals surface area contributed by atoms with Crippen molar-refractivity contribution in [3.8, 4) is 5.82 Å². The molecule has 0 aliphatic heterocycles. The van der Waals surface area contributed by atoms with Gasteiger partial charge in [0.2, 0.25) is 0 Å². The number of para-hydroxylation sites is 2. The lowest BCUT2D eigenvalue weighted by molar-refractivity contribution is -0.384. The second-order valence-electron chi connectivity index (χ2n) is 5.79. The minimum Gasteiger partial charge on any atom is -0.378 e. The van der Waals surface area contributed by atoms with Gasteiger partial charge in [0.05, 0.1) is 22.4 Å². The molecule has 2 aromatic heterocycles. The molecule has 2 heterocycles. The number of benzene rings is 1. The quantitative estimate of drug-likeness (QED) is 0.313. The number of nitro benzene ring substituents is 1. The second kappa shape index (κ2) is 8.12. The Balaban J connectivity index is 1.60. The van der Waals surface area contributed by atoms with Gasteiger partial charge in [0.25, 0.3) is 17.2 Å². The molecule has 3 aromatic rings. The number of carbonyl (C=O) groups excluding carboxylic acids is 1. The smallest absolute Gasteiger partial charge is 0.292 e. The Labute approximate surface area is 158 Å². The maximum atomic E-state index is 12.4. The van der Waals surface area contributed by atoms with Gasteiger partial charge in [-0.15, -0.1) is 0 Å². The monoisotopic (exact) mass is 383 g/mol. The van der Waals surface area contributed by atoms with Crippen LogP contribution >= 0.6 is 0 Å². The van der Waals surface area contributed by atoms with Crippen LogP contribution in [0.15, 0.2) is 47.4 Å². The molecule has 11 heteroatoms. The highest BCUT2D eigenvalue weighted by Gasteiger charge is 2.16. The fourth-order valence-corrected chi connectivity index (χ4v) is 2.57. The number of hydrogen-bond donors (Lipinski definition) is 3. The molecule has 0 saturated carbocycles. The van der Waals surface area contributed by atoms with Crippen molar-refractivity contribution >= 4 is 17.3 Å². The van der Waals surface area contributed by atoms with Gasteiger partial charge in [0.15, 0.2) is 5.82 Å². The molecule has 3 N–H and O–H groups in total. The molecular formula is C17H17N7O4. The number of amides is 1. The zero-order chi connectivity index (χ0) is 20.1. The molecule has 0 bridgehead atoms. The van der Waals surface area contributed by atoms with Gasteiger partial charge < -0.3 is 10.6 Å². The number of rotatable bonds is 7. The molecule has 0 aliphatic carbocycles. The Bertz CT molecular complexity index is 1050. The summed E-state index contributed by atoms with van der Waals surface area (Å²) in [6.07, 6.45) is 1.41. The SMILES string of the molecule is Cc1c(C(=O)NCCNc2ccccc2[N+](=O)[O-])cnn1-c1ccc(=O)[nH]n1. The van der Waals surface area contributed by atoms with Gasteiger partial charge in [0.1, 0.15) is 5.69 Å². The predicted octanol–water partition coefficient (Wildman–Crippen LogP) is 1.01. The third-order valence-electron chi connectivity index (χ3n) is 3.96. The Kier molecular flexibility index (Phi) is 5.44. The number of anilines is 1. The van der Waals surface area contributed by atoms with E-state index in [1.165, 1.54) is 29.1 Å². The van der Waals surface area contributed by atoms with Crippen LogP contribution in [-0.2, 0) is 0 Å². The minimum atomic E-state index is -0.469. The zero-order valence-electron chi connectivity index (χ0n) is 14.9. The number of aromatic nitrogens is 4. The molecule has 28 heavy (non-hydrogen) atoms. The molecule has 1 amide bonds. The van der Waals surface area contributed by atoms with Gasteiger partial charge in [-0.05, 0) is 19.1 Å². The van der Waals surface area contributed by atoms with Crippen LogP contribution in [0, 0.1) is 17.0 Å². The first kappa shape index (κ1) is 18.8. The van der Waals surface area contributed by atoms with E-state index in [0.29, 0.717) is 29.3 Å². The van der Waals surface area contributed by atoms with Gasteiger partial charge >= 0.3 is 0 Å². The van der Waals surface area contributed by atoms with Crippen molar-refractivity contribution in [2.75, 3.05) is 18.4 Å². The first-order chi connectivity index (χ1) is 13.5. The van der Waals surface area contributed by atoms with E-state index < -0.39 is 4.92 Å². The van der Waals surface area contributed by atoms with Crippen LogP contribution in [0.25, 0.3) is 5.82 Å². The van der Waals surface area contributed by atoms with E-state index in [1.807, 2.05) is 0 Å². The second-order valence-corrected chi connectivity index (χ2v) is 5.79. The van der Waals surface area contributed by atoms with Gasteiger partial charge in [-0.25, -0.2) is 9.78 Å². The summed E-state index contributed by atoms with van der Waals surface area (Å²) in [5.74, 6) is 0.0479. The van der Waals surface area contributed by atoms with Gasteiger partial charge in [-0.1, -0.05) is 12.1 Å². The number of nitrogens with zero attached hydrogens (tertiary/aromatic N) is 4. The summed E-state index contributed by atoms with van der Waals surface area (Å²) < 4.78 is 1.44. The Morgan fingerprint density at radius 3 is 2.75 bits per heavy atom. The van der Waals surface area contributed by atoms with E-state index in [2.05, 4.69) is 25.9 Å². The van der Waals surface area contributed by atoms with E-state index >= 15 is 0 Å². The largest absolute Gasteiger partial charge is 0.378 e. The number of nitrogens with one attached hydrogen (secondary N) is 3. The van der Waals surface area contributed by atoms with Crippen molar-refractivity contribution in [1.82, 2.24) is 25.3 Å². The summed E-state index contributed by atoms with van der Waals surface area (Å²) in [6.45, 7) is 2.28. The Morgan fingerprint density at radius 1 is 1.25 bits per heavy atom. The standard InChI is InChI=1S/C17H17N7O4/c1-11-12(10-20-23(11)15-6-7-16(25)22-21-15)17(26)19-9-8-18-13-4-2-3-5-14(13)24(27)28/h2-7,10,18H,8-9H2,1H3,(H,19,26)(H,22,25). The fourth-order valence-electron chi connectivity index (χ4n) is 2.57. The molecule has 3 rings (SSSR count). The van der Waals surface area contributed by atoms with Gasteiger partial charge in [0, 0.05) is 25.2 Å². The first-order valence-corrected chi connectivity index (χ1v) is 8.33. The number of hydrogen-bond acceptors (Lipinski definition) is 7. The van der Waals surface area contributed by atoms with Crippen molar-refractivity contribution in [3.63, 3.8) is 0 Å². The van der Waals surface area contributed by atoms with Crippen LogP contribution in [-0.4, -0.2) is 43.9 Å². The predicted molar refractivity (Wildman–Crippen MR) is 101 cm³/mol. The van der Waals surface area contributed by atoms with E-state index in [4.69, 9.17) is 0 Å². The average molecular weight is 383 g/mol. The first-order valence-electron chi connectivity index (χ1n) is 8.33. The van der Waals surface area contributed by atoms with E-state index in [0.717, 1.165) is 0 Å². The molecule has 1 aromatic carbocycles. The summed E-state index contributed by atoms with van der Waals surface area (Å²) in [4.78, 5) is 34.0. The van der Waals surface area contributed by atoms with E-state index in [1.54, 1.807) is 25.1 Å². The molecule has 0 saturated heterocycles. The third kappa shape index (κ3) is 4.03. The molecule has 0 unspecified atom stereocenters. The van der Waals surface area contributed by atoms with Crippen LogP contribution in [0.3, 0.4) is 0 Å². The fraction of sp³-hybridized carbons (Fsp3) is 0.176. The van der Waals surface area contributed by atoms with Crippen LogP contribution in [0.4, 0.5) is 11.4 Å². The maximum absolute atomic E-state index is 12.4. The molecule has 0 spiro atoms. The lowest BCUT2D eigenvalue weighted by Gasteiger charge is -2.08. The Morgan fingerprint density at radius 2 is 2.04 bits per heavy atom. The normalized spacial score (nSPS) is 10.5. The highest BCUT2D eigenvalue weighted by atomic mass is 16.6. The number of carbonyl (C=O) groups is 1. The van der Waals surface area contributed by atoms with Crippen molar-refractivity contribution in [1.29, 1.82) is 0 Å². The van der Waals surface area contributed by atoms with Gasteiger partial charge in [-0.3, -0.25) is 19.7 Å². The lowest BCUT2D eigenvalue weighted by atomic mass is 10.2. The molecule has 0 fully saturated rings. The van der Waals surface area contributed by atoms with Crippen LogP contribution in [0.5, 0.6) is 0 Å².